The Labute approximate surface area is 173 Å². The lowest BCUT2D eigenvalue weighted by molar-refractivity contribution is -0.117. The van der Waals surface area contributed by atoms with Gasteiger partial charge in [-0.2, -0.15) is 4.98 Å². The topological polar surface area (TPSA) is 111 Å². The summed E-state index contributed by atoms with van der Waals surface area (Å²) in [6, 6.07) is 13.3. The van der Waals surface area contributed by atoms with Crippen LogP contribution in [0.2, 0.25) is 0 Å². The standard InChI is InChI=1S/C22H23N3O5/c1-13(2)16-9-10-17-18(11-16)24-21(30-20(17)27)25-19(26)14(3)23-22(28)29-12-15-7-5-4-6-8-15/h4-11,13-14H,12H2,1-3H3,(H,23,28)(H,24,25,26)/t14-/m0/s1. The summed E-state index contributed by atoms with van der Waals surface area (Å²) in [5, 5.41) is 5.17. The molecule has 0 saturated heterocycles. The number of benzene rings is 2. The predicted molar refractivity (Wildman–Crippen MR) is 112 cm³/mol. The molecule has 8 nitrogen and oxygen atoms in total. The van der Waals surface area contributed by atoms with Gasteiger partial charge in [-0.25, -0.2) is 9.59 Å². The maximum absolute atomic E-state index is 12.4. The molecule has 0 radical (unpaired) electrons. The van der Waals surface area contributed by atoms with Gasteiger partial charge in [0.25, 0.3) is 0 Å². The van der Waals surface area contributed by atoms with Crippen LogP contribution in [0.3, 0.4) is 0 Å². The van der Waals surface area contributed by atoms with Crippen LogP contribution in [0, 0.1) is 0 Å². The molecule has 2 aromatic carbocycles. The highest BCUT2D eigenvalue weighted by molar-refractivity contribution is 5.95. The van der Waals surface area contributed by atoms with E-state index in [1.165, 1.54) is 6.92 Å². The number of carbonyl (C=O) groups excluding carboxylic acids is 2. The molecule has 3 rings (SSSR count). The SMILES string of the molecule is CC(C)c1ccc2c(=O)oc(NC(=O)[C@H](C)NC(=O)OCc3ccccc3)nc2c1. The molecule has 3 aromatic rings. The number of fused-ring (bicyclic) bond motifs is 1. The molecule has 0 aliphatic carbocycles. The Hall–Kier alpha value is -3.68. The van der Waals surface area contributed by atoms with Gasteiger partial charge in [-0.05, 0) is 36.1 Å². The van der Waals surface area contributed by atoms with Crippen LogP contribution in [0.15, 0.2) is 57.7 Å². The van der Waals surface area contributed by atoms with Gasteiger partial charge in [0.05, 0.1) is 10.9 Å². The van der Waals surface area contributed by atoms with E-state index < -0.39 is 23.7 Å². The van der Waals surface area contributed by atoms with Gasteiger partial charge in [0, 0.05) is 0 Å². The van der Waals surface area contributed by atoms with Crippen LogP contribution < -0.4 is 16.3 Å². The van der Waals surface area contributed by atoms with Gasteiger partial charge >= 0.3 is 17.7 Å². The summed E-state index contributed by atoms with van der Waals surface area (Å²) in [6.45, 7) is 5.62. The molecule has 156 valence electrons. The van der Waals surface area contributed by atoms with Crippen LogP contribution in [0.1, 0.15) is 37.8 Å². The van der Waals surface area contributed by atoms with Gasteiger partial charge in [0.2, 0.25) is 5.91 Å². The zero-order valence-electron chi connectivity index (χ0n) is 17.0. The molecule has 0 aliphatic rings. The van der Waals surface area contributed by atoms with Crippen molar-refractivity contribution in [2.45, 2.75) is 39.3 Å². The highest BCUT2D eigenvalue weighted by Crippen LogP contribution is 2.19. The van der Waals surface area contributed by atoms with Crippen LogP contribution >= 0.6 is 0 Å². The van der Waals surface area contributed by atoms with Gasteiger partial charge in [0.1, 0.15) is 12.6 Å². The second kappa shape index (κ2) is 9.21. The maximum atomic E-state index is 12.4. The first-order valence-electron chi connectivity index (χ1n) is 9.56. The molecular formula is C22H23N3O5. The average molecular weight is 409 g/mol. The van der Waals surface area contributed by atoms with Gasteiger partial charge in [0.15, 0.2) is 0 Å². The summed E-state index contributed by atoms with van der Waals surface area (Å²) in [5.41, 5.74) is 1.66. The lowest BCUT2D eigenvalue weighted by Gasteiger charge is -2.13. The number of amides is 2. The molecule has 0 fully saturated rings. The summed E-state index contributed by atoms with van der Waals surface area (Å²) in [6.07, 6.45) is -0.740. The Kier molecular flexibility index (Phi) is 6.46. The number of hydrogen-bond donors (Lipinski definition) is 2. The zero-order chi connectivity index (χ0) is 21.7. The van der Waals surface area contributed by atoms with Crippen molar-refractivity contribution in [3.8, 4) is 0 Å². The predicted octanol–water partition coefficient (Wildman–Crippen LogP) is 3.56. The van der Waals surface area contributed by atoms with Gasteiger partial charge in [-0.1, -0.05) is 50.2 Å². The summed E-state index contributed by atoms with van der Waals surface area (Å²) >= 11 is 0. The van der Waals surface area contributed by atoms with Crippen LogP contribution in [0.4, 0.5) is 10.8 Å². The lowest BCUT2D eigenvalue weighted by atomic mass is 10.0. The smallest absolute Gasteiger partial charge is 0.408 e. The molecule has 1 atom stereocenters. The Morgan fingerprint density at radius 3 is 2.53 bits per heavy atom. The highest BCUT2D eigenvalue weighted by atomic mass is 16.5. The van der Waals surface area contributed by atoms with Crippen LogP contribution in [0.25, 0.3) is 10.9 Å². The van der Waals surface area contributed by atoms with E-state index in [4.69, 9.17) is 9.15 Å². The molecule has 1 aromatic heterocycles. The highest BCUT2D eigenvalue weighted by Gasteiger charge is 2.19. The first-order chi connectivity index (χ1) is 14.3. The minimum Gasteiger partial charge on any atom is -0.445 e. The molecule has 0 saturated carbocycles. The Balaban J connectivity index is 1.63. The van der Waals surface area contributed by atoms with E-state index >= 15 is 0 Å². The minimum atomic E-state index is -0.932. The Bertz CT molecular complexity index is 1110. The van der Waals surface area contributed by atoms with Crippen molar-refractivity contribution in [1.29, 1.82) is 0 Å². The van der Waals surface area contributed by atoms with Crippen LogP contribution in [0.5, 0.6) is 0 Å². The number of ether oxygens (including phenoxy) is 1. The van der Waals surface area contributed by atoms with Crippen molar-refractivity contribution in [2.75, 3.05) is 5.32 Å². The van der Waals surface area contributed by atoms with Crippen LogP contribution in [-0.4, -0.2) is 23.0 Å². The van der Waals surface area contributed by atoms with E-state index in [1.807, 2.05) is 50.2 Å². The Morgan fingerprint density at radius 2 is 1.83 bits per heavy atom. The van der Waals surface area contributed by atoms with Crippen molar-refractivity contribution in [3.63, 3.8) is 0 Å². The summed E-state index contributed by atoms with van der Waals surface area (Å²) < 4.78 is 10.2. The summed E-state index contributed by atoms with van der Waals surface area (Å²) in [4.78, 5) is 40.7. The quantitative estimate of drug-likeness (QED) is 0.644. The van der Waals surface area contributed by atoms with Gasteiger partial charge < -0.3 is 14.5 Å². The number of hydrogen-bond acceptors (Lipinski definition) is 6. The monoisotopic (exact) mass is 409 g/mol. The van der Waals surface area contributed by atoms with E-state index in [0.717, 1.165) is 11.1 Å². The molecular weight excluding hydrogens is 386 g/mol. The largest absolute Gasteiger partial charge is 0.445 e. The molecule has 2 N–H and O–H groups in total. The van der Waals surface area contributed by atoms with Crippen molar-refractivity contribution < 1.29 is 18.7 Å². The number of nitrogens with one attached hydrogen (secondary N) is 2. The fraction of sp³-hybridized carbons (Fsp3) is 0.273. The van der Waals surface area contributed by atoms with Crippen molar-refractivity contribution in [2.24, 2.45) is 0 Å². The van der Waals surface area contributed by atoms with Crippen molar-refractivity contribution >= 4 is 28.9 Å². The average Bonchev–Trinajstić information content (AvgIpc) is 2.72. The second-order valence-corrected chi connectivity index (χ2v) is 7.15. The van der Waals surface area contributed by atoms with E-state index in [-0.39, 0.29) is 18.5 Å². The Morgan fingerprint density at radius 1 is 1.10 bits per heavy atom. The third kappa shape index (κ3) is 5.22. The number of alkyl carbamates (subject to hydrolysis) is 1. The third-order valence-electron chi connectivity index (χ3n) is 4.49. The number of rotatable bonds is 6. The molecule has 1 heterocycles. The molecule has 0 aliphatic heterocycles. The van der Waals surface area contributed by atoms with Gasteiger partial charge in [-0.3, -0.25) is 10.1 Å². The fourth-order valence-electron chi connectivity index (χ4n) is 2.72. The first-order valence-corrected chi connectivity index (χ1v) is 9.56. The number of anilines is 1. The minimum absolute atomic E-state index is 0.0836. The fourth-order valence-corrected chi connectivity index (χ4v) is 2.72. The molecule has 2 amide bonds. The van der Waals surface area contributed by atoms with Crippen molar-refractivity contribution in [1.82, 2.24) is 10.3 Å². The maximum Gasteiger partial charge on any atom is 0.408 e. The van der Waals surface area contributed by atoms with E-state index in [9.17, 15) is 14.4 Å². The van der Waals surface area contributed by atoms with Gasteiger partial charge in [-0.15, -0.1) is 0 Å². The number of carbonyl (C=O) groups is 2. The lowest BCUT2D eigenvalue weighted by Crippen LogP contribution is -2.42. The summed E-state index contributed by atoms with van der Waals surface area (Å²) in [5.74, 6) is -0.339. The molecule has 8 heteroatoms. The van der Waals surface area contributed by atoms with E-state index in [2.05, 4.69) is 15.6 Å². The normalized spacial score (nSPS) is 11.9. The van der Waals surface area contributed by atoms with Crippen molar-refractivity contribution in [3.05, 3.63) is 70.1 Å². The second-order valence-electron chi connectivity index (χ2n) is 7.15. The van der Waals surface area contributed by atoms with E-state index in [0.29, 0.717) is 10.9 Å². The summed E-state index contributed by atoms with van der Waals surface area (Å²) in [7, 11) is 0. The number of nitrogens with zero attached hydrogens (tertiary/aromatic N) is 1. The molecule has 30 heavy (non-hydrogen) atoms. The molecule has 0 bridgehead atoms. The zero-order valence-corrected chi connectivity index (χ0v) is 17.0. The van der Waals surface area contributed by atoms with Crippen LogP contribution in [-0.2, 0) is 16.1 Å². The molecule has 0 unspecified atom stereocenters. The van der Waals surface area contributed by atoms with E-state index in [1.54, 1.807) is 12.1 Å². The molecule has 0 spiro atoms. The third-order valence-corrected chi connectivity index (χ3v) is 4.49. The first kappa shape index (κ1) is 21.0. The number of aromatic nitrogens is 1.